The van der Waals surface area contributed by atoms with Crippen LogP contribution in [0.3, 0.4) is 0 Å². The van der Waals surface area contributed by atoms with Gasteiger partial charge in [-0.25, -0.2) is 4.39 Å². The predicted octanol–water partition coefficient (Wildman–Crippen LogP) is 4.66. The van der Waals surface area contributed by atoms with E-state index in [1.165, 1.54) is 17.4 Å². The van der Waals surface area contributed by atoms with E-state index in [4.69, 9.17) is 11.6 Å². The molecule has 2 aromatic rings. The lowest BCUT2D eigenvalue weighted by Crippen LogP contribution is -2.07. The van der Waals surface area contributed by atoms with Gasteiger partial charge in [0.1, 0.15) is 11.6 Å². The van der Waals surface area contributed by atoms with Gasteiger partial charge in [0.25, 0.3) is 0 Å². The molecule has 0 aliphatic carbocycles. The quantitative estimate of drug-likeness (QED) is 0.786. The summed E-state index contributed by atoms with van der Waals surface area (Å²) in [7, 11) is 0. The van der Waals surface area contributed by atoms with Gasteiger partial charge in [0.2, 0.25) is 0 Å². The fourth-order valence-electron chi connectivity index (χ4n) is 1.60. The van der Waals surface area contributed by atoms with E-state index in [1.807, 2.05) is 12.1 Å². The van der Waals surface area contributed by atoms with E-state index in [0.29, 0.717) is 12.0 Å². The van der Waals surface area contributed by atoms with Crippen LogP contribution in [0.5, 0.6) is 0 Å². The lowest BCUT2D eigenvalue weighted by atomic mass is 10.1. The van der Waals surface area contributed by atoms with Crippen LogP contribution in [0.2, 0.25) is 5.02 Å². The Hall–Kier alpha value is -0.710. The van der Waals surface area contributed by atoms with Gasteiger partial charge in [0.15, 0.2) is 0 Å². The molecular weight excluding hydrogens is 339 g/mol. The van der Waals surface area contributed by atoms with Crippen LogP contribution in [0, 0.1) is 5.82 Å². The molecule has 0 N–H and O–H groups in total. The lowest BCUT2D eigenvalue weighted by Gasteiger charge is -2.03. The summed E-state index contributed by atoms with van der Waals surface area (Å²) in [5, 5.41) is 0.0548. The number of carbonyl (C=O) groups is 1. The average Bonchev–Trinajstić information content (AvgIpc) is 2.70. The van der Waals surface area contributed by atoms with Gasteiger partial charge in [-0.1, -0.05) is 23.7 Å². The Kier molecular flexibility index (Phi) is 4.54. The average molecular weight is 348 g/mol. The van der Waals surface area contributed by atoms with Crippen molar-refractivity contribution >= 4 is 44.7 Å². The van der Waals surface area contributed by atoms with Gasteiger partial charge in [-0.2, -0.15) is 0 Å². The smallest absolute Gasteiger partial charge is 0.145 e. The number of benzene rings is 1. The van der Waals surface area contributed by atoms with Gasteiger partial charge in [0.05, 0.1) is 8.81 Å². The summed E-state index contributed by atoms with van der Waals surface area (Å²) < 4.78 is 14.6. The summed E-state index contributed by atoms with van der Waals surface area (Å²) in [6.45, 7) is 0. The summed E-state index contributed by atoms with van der Waals surface area (Å²) in [5.74, 6) is -0.523. The van der Waals surface area contributed by atoms with E-state index in [1.54, 1.807) is 12.1 Å². The van der Waals surface area contributed by atoms with Gasteiger partial charge in [-0.3, -0.25) is 4.79 Å². The standard InChI is InChI=1S/C13H9BrClFOS/c14-12-5-4-10(18-12)7-9(17)6-8-2-1-3-11(15)13(8)16/h1-5H,6-7H2. The summed E-state index contributed by atoms with van der Waals surface area (Å²) >= 11 is 10.5. The van der Waals surface area contributed by atoms with Gasteiger partial charge in [-0.05, 0) is 39.7 Å². The molecule has 0 fully saturated rings. The highest BCUT2D eigenvalue weighted by molar-refractivity contribution is 9.11. The number of halogens is 3. The van der Waals surface area contributed by atoms with Crippen molar-refractivity contribution in [2.24, 2.45) is 0 Å². The van der Waals surface area contributed by atoms with Crippen molar-refractivity contribution < 1.29 is 9.18 Å². The van der Waals surface area contributed by atoms with Gasteiger partial charge < -0.3 is 0 Å². The summed E-state index contributed by atoms with van der Waals surface area (Å²) in [6.07, 6.45) is 0.393. The molecule has 0 saturated heterocycles. The Labute approximate surface area is 122 Å². The van der Waals surface area contributed by atoms with Crippen LogP contribution in [-0.2, 0) is 17.6 Å². The van der Waals surface area contributed by atoms with Gasteiger partial charge in [-0.15, -0.1) is 11.3 Å². The molecule has 1 nitrogen and oxygen atoms in total. The summed E-state index contributed by atoms with van der Waals surface area (Å²) in [5.41, 5.74) is 0.350. The lowest BCUT2D eigenvalue weighted by molar-refractivity contribution is -0.117. The van der Waals surface area contributed by atoms with Crippen LogP contribution in [-0.4, -0.2) is 5.78 Å². The third-order valence-electron chi connectivity index (χ3n) is 2.42. The van der Waals surface area contributed by atoms with E-state index >= 15 is 0 Å². The molecule has 1 heterocycles. The number of ketones is 1. The molecule has 2 rings (SSSR count). The number of Topliss-reactive ketones (excluding diaryl/α,β-unsaturated/α-hetero) is 1. The normalized spacial score (nSPS) is 10.6. The van der Waals surface area contributed by atoms with Crippen LogP contribution in [0.1, 0.15) is 10.4 Å². The summed E-state index contributed by atoms with van der Waals surface area (Å²) in [4.78, 5) is 12.8. The number of carbonyl (C=O) groups excluding carboxylic acids is 1. The number of thiophene rings is 1. The highest BCUT2D eigenvalue weighted by atomic mass is 79.9. The molecule has 0 amide bonds. The predicted molar refractivity (Wildman–Crippen MR) is 75.8 cm³/mol. The van der Waals surface area contributed by atoms with Crippen molar-refractivity contribution in [2.45, 2.75) is 12.8 Å². The van der Waals surface area contributed by atoms with Gasteiger partial charge in [0, 0.05) is 17.7 Å². The van der Waals surface area contributed by atoms with Crippen molar-refractivity contribution in [1.29, 1.82) is 0 Å². The number of hydrogen-bond donors (Lipinski definition) is 0. The minimum absolute atomic E-state index is 0.0227. The van der Waals surface area contributed by atoms with Crippen LogP contribution in [0.4, 0.5) is 4.39 Å². The monoisotopic (exact) mass is 346 g/mol. The highest BCUT2D eigenvalue weighted by Gasteiger charge is 2.12. The molecule has 94 valence electrons. The molecule has 0 bridgehead atoms. The molecule has 0 unspecified atom stereocenters. The fourth-order valence-corrected chi connectivity index (χ4v) is 3.31. The first-order valence-electron chi connectivity index (χ1n) is 5.25. The summed E-state index contributed by atoms with van der Waals surface area (Å²) in [6, 6.07) is 8.49. The van der Waals surface area contributed by atoms with E-state index in [-0.39, 0.29) is 17.2 Å². The number of rotatable bonds is 4. The molecule has 18 heavy (non-hydrogen) atoms. The third-order valence-corrected chi connectivity index (χ3v) is 4.33. The minimum Gasteiger partial charge on any atom is -0.299 e. The Morgan fingerprint density at radius 2 is 2.06 bits per heavy atom. The molecule has 1 aromatic carbocycles. The van der Waals surface area contributed by atoms with Crippen LogP contribution >= 0.6 is 38.9 Å². The van der Waals surface area contributed by atoms with E-state index in [0.717, 1.165) is 8.66 Å². The molecule has 0 aliphatic rings. The van der Waals surface area contributed by atoms with Crippen molar-refractivity contribution in [3.63, 3.8) is 0 Å². The molecule has 5 heteroatoms. The van der Waals surface area contributed by atoms with Crippen molar-refractivity contribution in [3.05, 3.63) is 55.4 Å². The zero-order valence-electron chi connectivity index (χ0n) is 9.25. The zero-order chi connectivity index (χ0) is 13.1. The number of hydrogen-bond acceptors (Lipinski definition) is 2. The Bertz CT molecular complexity index is 582. The molecule has 1 aromatic heterocycles. The first kappa shape index (κ1) is 13.7. The largest absolute Gasteiger partial charge is 0.299 e. The van der Waals surface area contributed by atoms with Gasteiger partial charge >= 0.3 is 0 Å². The molecular formula is C13H9BrClFOS. The molecule has 0 aliphatic heterocycles. The second-order valence-electron chi connectivity index (χ2n) is 3.81. The maximum atomic E-state index is 13.6. The van der Waals surface area contributed by atoms with Crippen molar-refractivity contribution in [2.75, 3.05) is 0 Å². The Balaban J connectivity index is 2.05. The van der Waals surface area contributed by atoms with Crippen LogP contribution in [0.25, 0.3) is 0 Å². The molecule has 0 saturated carbocycles. The zero-order valence-corrected chi connectivity index (χ0v) is 12.4. The SMILES string of the molecule is O=C(Cc1ccc(Br)s1)Cc1cccc(Cl)c1F. The highest BCUT2D eigenvalue weighted by Crippen LogP contribution is 2.23. The van der Waals surface area contributed by atoms with E-state index in [9.17, 15) is 9.18 Å². The fraction of sp³-hybridized carbons (Fsp3) is 0.154. The topological polar surface area (TPSA) is 17.1 Å². The van der Waals surface area contributed by atoms with Crippen molar-refractivity contribution in [1.82, 2.24) is 0 Å². The van der Waals surface area contributed by atoms with E-state index in [2.05, 4.69) is 15.9 Å². The molecule has 0 atom stereocenters. The first-order chi connectivity index (χ1) is 8.56. The second-order valence-corrected chi connectivity index (χ2v) is 6.77. The third kappa shape index (κ3) is 3.40. The van der Waals surface area contributed by atoms with Crippen LogP contribution < -0.4 is 0 Å². The second kappa shape index (κ2) is 5.95. The molecule has 0 radical (unpaired) electrons. The maximum absolute atomic E-state index is 13.6. The van der Waals surface area contributed by atoms with Crippen LogP contribution in [0.15, 0.2) is 34.1 Å². The Morgan fingerprint density at radius 1 is 1.28 bits per heavy atom. The minimum atomic E-state index is -0.500. The van der Waals surface area contributed by atoms with Crippen molar-refractivity contribution in [3.8, 4) is 0 Å². The Morgan fingerprint density at radius 3 is 2.72 bits per heavy atom. The molecule has 0 spiro atoms. The maximum Gasteiger partial charge on any atom is 0.145 e. The first-order valence-corrected chi connectivity index (χ1v) is 7.24. The van der Waals surface area contributed by atoms with E-state index < -0.39 is 5.82 Å².